The van der Waals surface area contributed by atoms with Gasteiger partial charge in [0.2, 0.25) is 0 Å². The van der Waals surface area contributed by atoms with Crippen LogP contribution in [0.1, 0.15) is 52.9 Å². The van der Waals surface area contributed by atoms with Gasteiger partial charge in [0.25, 0.3) is 0 Å². The van der Waals surface area contributed by atoms with Gasteiger partial charge in [0.15, 0.2) is 0 Å². The molecule has 0 aromatic carbocycles. The molecule has 1 heteroatoms. The fraction of sp³-hybridized carbons (Fsp3) is 0.846. The molecule has 1 unspecified atom stereocenters. The quantitative estimate of drug-likeness (QED) is 0.537. The van der Waals surface area contributed by atoms with Crippen molar-refractivity contribution in [3.8, 4) is 11.8 Å². The fourth-order valence-electron chi connectivity index (χ4n) is 2.31. The van der Waals surface area contributed by atoms with Crippen molar-refractivity contribution in [2.45, 2.75) is 58.9 Å². The van der Waals surface area contributed by atoms with E-state index in [1.165, 1.54) is 25.7 Å². The van der Waals surface area contributed by atoms with Crippen LogP contribution < -0.4 is 5.32 Å². The van der Waals surface area contributed by atoms with Crippen molar-refractivity contribution in [2.24, 2.45) is 5.41 Å². The Bertz CT molecular complexity index is 219. The molecule has 0 amide bonds. The SMILES string of the molecule is CC#CCCNC1CCCCC1(C)C. The normalized spacial score (nSPS) is 25.2. The van der Waals surface area contributed by atoms with Crippen molar-refractivity contribution in [1.29, 1.82) is 0 Å². The molecule has 0 radical (unpaired) electrons. The van der Waals surface area contributed by atoms with Crippen LogP contribution in [0.4, 0.5) is 0 Å². The Hall–Kier alpha value is -0.480. The first-order chi connectivity index (χ1) is 6.67. The third-order valence-corrected chi connectivity index (χ3v) is 3.32. The van der Waals surface area contributed by atoms with E-state index >= 15 is 0 Å². The van der Waals surface area contributed by atoms with E-state index in [1.54, 1.807) is 0 Å². The third-order valence-electron chi connectivity index (χ3n) is 3.32. The Morgan fingerprint density at radius 3 is 2.79 bits per heavy atom. The second kappa shape index (κ2) is 5.41. The zero-order valence-electron chi connectivity index (χ0n) is 9.82. The van der Waals surface area contributed by atoms with E-state index < -0.39 is 0 Å². The van der Waals surface area contributed by atoms with Crippen molar-refractivity contribution in [1.82, 2.24) is 5.32 Å². The highest BCUT2D eigenvalue weighted by atomic mass is 14.9. The molecule has 1 atom stereocenters. The highest BCUT2D eigenvalue weighted by Gasteiger charge is 2.31. The first-order valence-corrected chi connectivity index (χ1v) is 5.80. The zero-order valence-corrected chi connectivity index (χ0v) is 9.82. The molecule has 1 rings (SSSR count). The van der Waals surface area contributed by atoms with Crippen LogP contribution in [0.2, 0.25) is 0 Å². The van der Waals surface area contributed by atoms with E-state index in [4.69, 9.17) is 0 Å². The molecule has 1 N–H and O–H groups in total. The van der Waals surface area contributed by atoms with Gasteiger partial charge in [0.1, 0.15) is 0 Å². The largest absolute Gasteiger partial charge is 0.313 e. The van der Waals surface area contributed by atoms with Gasteiger partial charge in [0.05, 0.1) is 0 Å². The van der Waals surface area contributed by atoms with Crippen LogP contribution in [0.3, 0.4) is 0 Å². The summed E-state index contributed by atoms with van der Waals surface area (Å²) in [5.41, 5.74) is 0.484. The average molecular weight is 193 g/mol. The van der Waals surface area contributed by atoms with E-state index in [9.17, 15) is 0 Å². The van der Waals surface area contributed by atoms with Gasteiger partial charge in [-0.05, 0) is 25.2 Å². The number of hydrogen-bond acceptors (Lipinski definition) is 1. The predicted octanol–water partition coefficient (Wildman–Crippen LogP) is 2.96. The smallest absolute Gasteiger partial charge is 0.0214 e. The molecule has 1 aliphatic rings. The molecule has 0 heterocycles. The number of nitrogens with one attached hydrogen (secondary N) is 1. The highest BCUT2D eigenvalue weighted by molar-refractivity contribution is 4.96. The van der Waals surface area contributed by atoms with Crippen LogP contribution in [-0.2, 0) is 0 Å². The summed E-state index contributed by atoms with van der Waals surface area (Å²) >= 11 is 0. The maximum atomic E-state index is 3.64. The minimum absolute atomic E-state index is 0.484. The minimum atomic E-state index is 0.484. The van der Waals surface area contributed by atoms with Crippen molar-refractivity contribution in [3.63, 3.8) is 0 Å². The van der Waals surface area contributed by atoms with Crippen molar-refractivity contribution in [3.05, 3.63) is 0 Å². The molecule has 1 saturated carbocycles. The number of rotatable bonds is 3. The van der Waals surface area contributed by atoms with Crippen LogP contribution in [0.5, 0.6) is 0 Å². The van der Waals surface area contributed by atoms with Crippen LogP contribution in [0, 0.1) is 17.3 Å². The highest BCUT2D eigenvalue weighted by Crippen LogP contribution is 2.35. The number of hydrogen-bond donors (Lipinski definition) is 1. The van der Waals surface area contributed by atoms with E-state index in [0.29, 0.717) is 11.5 Å². The molecule has 0 aliphatic heterocycles. The van der Waals surface area contributed by atoms with Gasteiger partial charge in [-0.2, -0.15) is 0 Å². The van der Waals surface area contributed by atoms with Gasteiger partial charge in [-0.1, -0.05) is 26.7 Å². The van der Waals surface area contributed by atoms with Crippen molar-refractivity contribution < 1.29 is 0 Å². The molecule has 14 heavy (non-hydrogen) atoms. The summed E-state index contributed by atoms with van der Waals surface area (Å²) < 4.78 is 0. The maximum absolute atomic E-state index is 3.64. The molecule has 0 saturated heterocycles. The molecule has 1 aliphatic carbocycles. The third kappa shape index (κ3) is 3.35. The molecule has 0 aromatic rings. The van der Waals surface area contributed by atoms with Crippen molar-refractivity contribution in [2.75, 3.05) is 6.54 Å². The first-order valence-electron chi connectivity index (χ1n) is 5.80. The van der Waals surface area contributed by atoms with Gasteiger partial charge >= 0.3 is 0 Å². The lowest BCUT2D eigenvalue weighted by Crippen LogP contribution is -2.44. The minimum Gasteiger partial charge on any atom is -0.313 e. The van der Waals surface area contributed by atoms with Gasteiger partial charge in [0, 0.05) is 19.0 Å². The first kappa shape index (κ1) is 11.6. The average Bonchev–Trinajstić information content (AvgIpc) is 2.14. The summed E-state index contributed by atoms with van der Waals surface area (Å²) in [6.45, 7) is 7.73. The second-order valence-corrected chi connectivity index (χ2v) is 4.92. The Labute approximate surface area is 88.7 Å². The van der Waals surface area contributed by atoms with Crippen LogP contribution in [0.25, 0.3) is 0 Å². The summed E-state index contributed by atoms with van der Waals surface area (Å²) in [5.74, 6) is 6.04. The predicted molar refractivity (Wildman–Crippen MR) is 62.1 cm³/mol. The van der Waals surface area contributed by atoms with E-state index in [-0.39, 0.29) is 0 Å². The molecular weight excluding hydrogens is 170 g/mol. The van der Waals surface area contributed by atoms with Gasteiger partial charge in [-0.25, -0.2) is 0 Å². The lowest BCUT2D eigenvalue weighted by atomic mass is 9.73. The summed E-state index contributed by atoms with van der Waals surface area (Å²) in [5, 5.41) is 3.64. The lowest BCUT2D eigenvalue weighted by Gasteiger charge is -2.39. The van der Waals surface area contributed by atoms with Crippen LogP contribution >= 0.6 is 0 Å². The topological polar surface area (TPSA) is 12.0 Å². The van der Waals surface area contributed by atoms with Gasteiger partial charge in [-0.15, -0.1) is 11.8 Å². The van der Waals surface area contributed by atoms with Crippen molar-refractivity contribution >= 4 is 0 Å². The standard InChI is InChI=1S/C13H23N/c1-4-5-8-11-14-12-9-6-7-10-13(12,2)3/h12,14H,6-11H2,1-3H3. The Balaban J connectivity index is 2.29. The fourth-order valence-corrected chi connectivity index (χ4v) is 2.31. The lowest BCUT2D eigenvalue weighted by molar-refractivity contribution is 0.169. The van der Waals surface area contributed by atoms with Gasteiger partial charge in [-0.3, -0.25) is 0 Å². The summed E-state index contributed by atoms with van der Waals surface area (Å²) in [6, 6.07) is 0.704. The summed E-state index contributed by atoms with van der Waals surface area (Å²) in [4.78, 5) is 0. The molecule has 0 bridgehead atoms. The molecule has 80 valence electrons. The van der Waals surface area contributed by atoms with Crippen LogP contribution in [-0.4, -0.2) is 12.6 Å². The van der Waals surface area contributed by atoms with Crippen LogP contribution in [0.15, 0.2) is 0 Å². The monoisotopic (exact) mass is 193 g/mol. The molecular formula is C13H23N. The Kier molecular flexibility index (Phi) is 4.48. The maximum Gasteiger partial charge on any atom is 0.0214 e. The van der Waals surface area contributed by atoms with E-state index in [2.05, 4.69) is 31.0 Å². The zero-order chi connectivity index (χ0) is 10.4. The summed E-state index contributed by atoms with van der Waals surface area (Å²) in [7, 11) is 0. The Morgan fingerprint density at radius 2 is 2.14 bits per heavy atom. The van der Waals surface area contributed by atoms with E-state index in [0.717, 1.165) is 13.0 Å². The molecule has 0 aromatic heterocycles. The second-order valence-electron chi connectivity index (χ2n) is 4.92. The molecule has 1 nitrogen and oxygen atoms in total. The molecule has 0 spiro atoms. The van der Waals surface area contributed by atoms with E-state index in [1.807, 2.05) is 6.92 Å². The Morgan fingerprint density at radius 1 is 1.36 bits per heavy atom. The van der Waals surface area contributed by atoms with Gasteiger partial charge < -0.3 is 5.32 Å². The summed E-state index contributed by atoms with van der Waals surface area (Å²) in [6.07, 6.45) is 6.49. The molecule has 1 fully saturated rings.